The van der Waals surface area contributed by atoms with Crippen LogP contribution in [0.1, 0.15) is 10.4 Å². The number of aromatic nitrogens is 1. The maximum absolute atomic E-state index is 12.2. The Bertz CT molecular complexity index is 430. The van der Waals surface area contributed by atoms with Gasteiger partial charge in [-0.25, -0.2) is 13.8 Å². The van der Waals surface area contributed by atoms with Gasteiger partial charge in [0.15, 0.2) is 0 Å². The van der Waals surface area contributed by atoms with Gasteiger partial charge in [-0.15, -0.1) is 0 Å². The fraction of sp³-hybridized carbons (Fsp3) is 0.500. The summed E-state index contributed by atoms with van der Waals surface area (Å²) in [7, 11) is 0. The number of alkyl halides is 2. The molecule has 0 spiro atoms. The van der Waals surface area contributed by atoms with E-state index < -0.39 is 6.43 Å². The van der Waals surface area contributed by atoms with Crippen LogP contribution >= 0.6 is 0 Å². The van der Waals surface area contributed by atoms with E-state index in [0.29, 0.717) is 37.6 Å². The van der Waals surface area contributed by atoms with E-state index in [1.54, 1.807) is 21.9 Å². The molecule has 1 aromatic heterocycles. The molecule has 7 heteroatoms. The van der Waals surface area contributed by atoms with Crippen molar-refractivity contribution >= 4 is 11.7 Å². The number of hydrogen-bond acceptors (Lipinski definition) is 4. The second kappa shape index (κ2) is 5.92. The first kappa shape index (κ1) is 13.7. The predicted octanol–water partition coefficient (Wildman–Crippen LogP) is 0.687. The molecule has 1 aromatic rings. The van der Waals surface area contributed by atoms with Crippen molar-refractivity contribution in [2.24, 2.45) is 0 Å². The fourth-order valence-electron chi connectivity index (χ4n) is 2.04. The summed E-state index contributed by atoms with van der Waals surface area (Å²) in [6.45, 7) is 1.62. The standard InChI is InChI=1S/C12H16F2N4O/c13-10(14)8-17-3-5-18(6-4-17)12(19)9-1-2-11(15)16-7-9/h1-2,7,10H,3-6,8H2,(H2,15,16). The number of carbonyl (C=O) groups excluding carboxylic acids is 1. The zero-order valence-electron chi connectivity index (χ0n) is 10.4. The van der Waals surface area contributed by atoms with Crippen LogP contribution in [0.3, 0.4) is 0 Å². The maximum Gasteiger partial charge on any atom is 0.255 e. The second-order valence-electron chi connectivity index (χ2n) is 4.46. The predicted molar refractivity (Wildman–Crippen MR) is 67.0 cm³/mol. The molecule has 1 fully saturated rings. The van der Waals surface area contributed by atoms with Gasteiger partial charge in [0.05, 0.1) is 12.1 Å². The molecular weight excluding hydrogens is 254 g/mol. The molecule has 0 aromatic carbocycles. The largest absolute Gasteiger partial charge is 0.384 e. The summed E-state index contributed by atoms with van der Waals surface area (Å²) in [6.07, 6.45) is -0.896. The van der Waals surface area contributed by atoms with E-state index in [4.69, 9.17) is 5.73 Å². The van der Waals surface area contributed by atoms with Crippen LogP contribution in [0.2, 0.25) is 0 Å². The number of anilines is 1. The van der Waals surface area contributed by atoms with Crippen LogP contribution in [0.25, 0.3) is 0 Å². The van der Waals surface area contributed by atoms with Crippen molar-refractivity contribution in [3.63, 3.8) is 0 Å². The van der Waals surface area contributed by atoms with Crippen LogP contribution in [0.5, 0.6) is 0 Å². The van der Waals surface area contributed by atoms with Crippen LogP contribution in [0.4, 0.5) is 14.6 Å². The average molecular weight is 270 g/mol. The highest BCUT2D eigenvalue weighted by atomic mass is 19.3. The highest BCUT2D eigenvalue weighted by Crippen LogP contribution is 2.10. The van der Waals surface area contributed by atoms with Gasteiger partial charge in [-0.3, -0.25) is 9.69 Å². The molecule has 19 heavy (non-hydrogen) atoms. The third-order valence-corrected chi connectivity index (χ3v) is 3.09. The number of hydrogen-bond donors (Lipinski definition) is 1. The SMILES string of the molecule is Nc1ccc(C(=O)N2CCN(CC(F)F)CC2)cn1. The van der Waals surface area contributed by atoms with E-state index in [9.17, 15) is 13.6 Å². The molecule has 5 nitrogen and oxygen atoms in total. The number of nitrogens with zero attached hydrogens (tertiary/aromatic N) is 3. The van der Waals surface area contributed by atoms with E-state index in [-0.39, 0.29) is 12.5 Å². The summed E-state index contributed by atoms with van der Waals surface area (Å²) < 4.78 is 24.5. The van der Waals surface area contributed by atoms with Crippen LogP contribution in [0.15, 0.2) is 18.3 Å². The van der Waals surface area contributed by atoms with E-state index in [1.165, 1.54) is 6.20 Å². The van der Waals surface area contributed by atoms with Crippen LogP contribution in [-0.2, 0) is 0 Å². The molecule has 0 bridgehead atoms. The van der Waals surface area contributed by atoms with Crippen molar-refractivity contribution in [3.05, 3.63) is 23.9 Å². The van der Waals surface area contributed by atoms with Crippen molar-refractivity contribution in [1.82, 2.24) is 14.8 Å². The minimum atomic E-state index is -2.33. The monoisotopic (exact) mass is 270 g/mol. The first-order valence-electron chi connectivity index (χ1n) is 6.07. The Morgan fingerprint density at radius 3 is 2.53 bits per heavy atom. The zero-order valence-corrected chi connectivity index (χ0v) is 10.4. The highest BCUT2D eigenvalue weighted by Gasteiger charge is 2.23. The number of carbonyl (C=O) groups is 1. The molecule has 104 valence electrons. The first-order chi connectivity index (χ1) is 9.06. The number of piperazine rings is 1. The van der Waals surface area contributed by atoms with Gasteiger partial charge in [0.25, 0.3) is 12.3 Å². The Hall–Kier alpha value is -1.76. The minimum absolute atomic E-state index is 0.135. The maximum atomic E-state index is 12.2. The Morgan fingerprint density at radius 2 is 2.00 bits per heavy atom. The molecule has 1 aliphatic rings. The molecule has 2 N–H and O–H groups in total. The quantitative estimate of drug-likeness (QED) is 0.877. The lowest BCUT2D eigenvalue weighted by Gasteiger charge is -2.34. The smallest absolute Gasteiger partial charge is 0.255 e. The number of rotatable bonds is 3. The van der Waals surface area contributed by atoms with Gasteiger partial charge in [0, 0.05) is 32.4 Å². The summed E-state index contributed by atoms with van der Waals surface area (Å²) in [4.78, 5) is 19.3. The number of halogens is 2. The Labute approximate surface area is 110 Å². The molecule has 2 heterocycles. The van der Waals surface area contributed by atoms with Crippen molar-refractivity contribution in [2.45, 2.75) is 6.43 Å². The third-order valence-electron chi connectivity index (χ3n) is 3.09. The third kappa shape index (κ3) is 3.60. The molecule has 0 saturated carbocycles. The van der Waals surface area contributed by atoms with Gasteiger partial charge in [-0.05, 0) is 12.1 Å². The zero-order chi connectivity index (χ0) is 13.8. The average Bonchev–Trinajstić information content (AvgIpc) is 2.39. The Morgan fingerprint density at radius 1 is 1.32 bits per heavy atom. The lowest BCUT2D eigenvalue weighted by molar-refractivity contribution is 0.0459. The lowest BCUT2D eigenvalue weighted by atomic mass is 10.2. The fourth-order valence-corrected chi connectivity index (χ4v) is 2.04. The van der Waals surface area contributed by atoms with Crippen molar-refractivity contribution in [1.29, 1.82) is 0 Å². The number of nitrogens with two attached hydrogens (primary N) is 1. The van der Waals surface area contributed by atoms with Crippen molar-refractivity contribution in [2.75, 3.05) is 38.5 Å². The summed E-state index contributed by atoms with van der Waals surface area (Å²) in [6, 6.07) is 3.19. The van der Waals surface area contributed by atoms with Gasteiger partial charge < -0.3 is 10.6 Å². The van der Waals surface area contributed by atoms with E-state index >= 15 is 0 Å². The summed E-state index contributed by atoms with van der Waals surface area (Å²) in [5.41, 5.74) is 5.93. The van der Waals surface area contributed by atoms with Gasteiger partial charge in [0.2, 0.25) is 0 Å². The Balaban J connectivity index is 1.90. The molecule has 1 aliphatic heterocycles. The summed E-state index contributed by atoms with van der Waals surface area (Å²) >= 11 is 0. The molecule has 0 radical (unpaired) electrons. The van der Waals surface area contributed by atoms with Crippen LogP contribution < -0.4 is 5.73 Å². The van der Waals surface area contributed by atoms with Crippen molar-refractivity contribution < 1.29 is 13.6 Å². The molecule has 0 unspecified atom stereocenters. The minimum Gasteiger partial charge on any atom is -0.384 e. The topological polar surface area (TPSA) is 62.5 Å². The molecular formula is C12H16F2N4O. The summed E-state index contributed by atoms with van der Waals surface area (Å²) in [5, 5.41) is 0. The number of nitrogen functional groups attached to an aromatic ring is 1. The van der Waals surface area contributed by atoms with Gasteiger partial charge >= 0.3 is 0 Å². The Kier molecular flexibility index (Phi) is 4.26. The first-order valence-corrected chi connectivity index (χ1v) is 6.07. The van der Waals surface area contributed by atoms with Gasteiger partial charge in [0.1, 0.15) is 5.82 Å². The molecule has 1 saturated heterocycles. The van der Waals surface area contributed by atoms with Crippen molar-refractivity contribution in [3.8, 4) is 0 Å². The normalized spacial score (nSPS) is 16.9. The summed E-state index contributed by atoms with van der Waals surface area (Å²) in [5.74, 6) is 0.225. The number of pyridine rings is 1. The van der Waals surface area contributed by atoms with Crippen LogP contribution in [0, 0.1) is 0 Å². The lowest BCUT2D eigenvalue weighted by Crippen LogP contribution is -2.49. The van der Waals surface area contributed by atoms with Gasteiger partial charge in [-0.2, -0.15) is 0 Å². The van der Waals surface area contributed by atoms with Gasteiger partial charge in [-0.1, -0.05) is 0 Å². The van der Waals surface area contributed by atoms with E-state index in [1.807, 2.05) is 0 Å². The van der Waals surface area contributed by atoms with Crippen LogP contribution in [-0.4, -0.2) is 59.8 Å². The van der Waals surface area contributed by atoms with E-state index in [2.05, 4.69) is 4.98 Å². The molecule has 1 amide bonds. The second-order valence-corrected chi connectivity index (χ2v) is 4.46. The van der Waals surface area contributed by atoms with E-state index in [0.717, 1.165) is 0 Å². The molecule has 0 atom stereocenters. The molecule has 2 rings (SSSR count). The number of amides is 1. The molecule has 0 aliphatic carbocycles. The highest BCUT2D eigenvalue weighted by molar-refractivity contribution is 5.94.